The number of carbonyl (C=O) groups is 2. The Hall–Kier alpha value is -2.10. The van der Waals surface area contributed by atoms with Gasteiger partial charge in [0.2, 0.25) is 0 Å². The fourth-order valence-electron chi connectivity index (χ4n) is 2.39. The summed E-state index contributed by atoms with van der Waals surface area (Å²) in [5.74, 6) is -1.67. The zero-order chi connectivity index (χ0) is 17.1. The van der Waals surface area contributed by atoms with Crippen LogP contribution in [0.1, 0.15) is 47.5 Å². The summed E-state index contributed by atoms with van der Waals surface area (Å²) in [6.45, 7) is 8.86. The SMILES string of the molecule is CC(=O)C1=C(O)C=C(O)C(CC=C(C)C)(CC=C(C)C)C1=O. The highest BCUT2D eigenvalue weighted by molar-refractivity contribution is 6.23. The van der Waals surface area contributed by atoms with Gasteiger partial charge in [0.15, 0.2) is 11.6 Å². The van der Waals surface area contributed by atoms with Crippen LogP contribution in [0.4, 0.5) is 0 Å². The highest BCUT2D eigenvalue weighted by Crippen LogP contribution is 2.42. The summed E-state index contributed by atoms with van der Waals surface area (Å²) in [6.07, 6.45) is 5.41. The van der Waals surface area contributed by atoms with Crippen LogP contribution in [-0.4, -0.2) is 21.8 Å². The van der Waals surface area contributed by atoms with E-state index in [-0.39, 0.29) is 24.2 Å². The molecule has 0 unspecified atom stereocenters. The third-order valence-corrected chi connectivity index (χ3v) is 3.75. The highest BCUT2D eigenvalue weighted by Gasteiger charge is 2.46. The summed E-state index contributed by atoms with van der Waals surface area (Å²) < 4.78 is 0. The van der Waals surface area contributed by atoms with E-state index in [9.17, 15) is 19.8 Å². The molecule has 0 aromatic heterocycles. The second kappa shape index (κ2) is 6.77. The van der Waals surface area contributed by atoms with Crippen molar-refractivity contribution in [2.75, 3.05) is 0 Å². The standard InChI is InChI=1S/C18H24O4/c1-11(2)6-8-18(9-7-12(3)4)15(21)10-14(20)16(13(5)19)17(18)22/h6-7,10,20-21H,8-9H2,1-5H3. The maximum atomic E-state index is 12.8. The first-order valence-electron chi connectivity index (χ1n) is 7.28. The maximum absolute atomic E-state index is 12.8. The fourth-order valence-corrected chi connectivity index (χ4v) is 2.39. The predicted molar refractivity (Wildman–Crippen MR) is 86.6 cm³/mol. The minimum absolute atomic E-state index is 0.199. The molecule has 0 spiro atoms. The Labute approximate surface area is 131 Å². The van der Waals surface area contributed by atoms with Crippen molar-refractivity contribution in [1.29, 1.82) is 0 Å². The third-order valence-electron chi connectivity index (χ3n) is 3.75. The summed E-state index contributed by atoms with van der Waals surface area (Å²) in [5.41, 5.74) is 0.574. The van der Waals surface area contributed by atoms with E-state index < -0.39 is 22.7 Å². The summed E-state index contributed by atoms with van der Waals surface area (Å²) in [5, 5.41) is 20.2. The van der Waals surface area contributed by atoms with Gasteiger partial charge in [-0.2, -0.15) is 0 Å². The molecule has 0 saturated carbocycles. The molecule has 0 radical (unpaired) electrons. The lowest BCUT2D eigenvalue weighted by Crippen LogP contribution is -2.38. The van der Waals surface area contributed by atoms with Crippen LogP contribution < -0.4 is 0 Å². The molecule has 0 saturated heterocycles. The summed E-state index contributed by atoms with van der Waals surface area (Å²) in [4.78, 5) is 24.5. The van der Waals surface area contributed by atoms with Crippen molar-refractivity contribution in [3.05, 3.63) is 46.5 Å². The van der Waals surface area contributed by atoms with Crippen LogP contribution in [0.25, 0.3) is 0 Å². The van der Waals surface area contributed by atoms with Crippen LogP contribution in [0.15, 0.2) is 46.5 Å². The largest absolute Gasteiger partial charge is 0.511 e. The van der Waals surface area contributed by atoms with Crippen molar-refractivity contribution in [3.63, 3.8) is 0 Å². The van der Waals surface area contributed by atoms with E-state index in [2.05, 4.69) is 0 Å². The monoisotopic (exact) mass is 304 g/mol. The fraction of sp³-hybridized carbons (Fsp3) is 0.444. The van der Waals surface area contributed by atoms with Gasteiger partial charge in [-0.3, -0.25) is 9.59 Å². The molecule has 1 aliphatic rings. The maximum Gasteiger partial charge on any atom is 0.184 e. The van der Waals surface area contributed by atoms with Gasteiger partial charge >= 0.3 is 0 Å². The van der Waals surface area contributed by atoms with Gasteiger partial charge in [0.05, 0.1) is 5.41 Å². The van der Waals surface area contributed by atoms with Crippen LogP contribution in [0, 0.1) is 5.41 Å². The van der Waals surface area contributed by atoms with Gasteiger partial charge in [-0.25, -0.2) is 0 Å². The minimum Gasteiger partial charge on any atom is -0.511 e. The Morgan fingerprint density at radius 2 is 1.50 bits per heavy atom. The number of allylic oxidation sites excluding steroid dienone is 7. The number of aliphatic hydroxyl groups is 2. The lowest BCUT2D eigenvalue weighted by atomic mass is 9.69. The minimum atomic E-state index is -1.22. The lowest BCUT2D eigenvalue weighted by molar-refractivity contribution is -0.127. The number of Topliss-reactive ketones (excluding diaryl/α,β-unsaturated/α-hetero) is 2. The molecule has 0 heterocycles. The van der Waals surface area contributed by atoms with Gasteiger partial charge in [-0.15, -0.1) is 0 Å². The molecule has 4 nitrogen and oxygen atoms in total. The van der Waals surface area contributed by atoms with Crippen molar-refractivity contribution in [1.82, 2.24) is 0 Å². The molecule has 4 heteroatoms. The third kappa shape index (κ3) is 3.56. The molecule has 0 aliphatic heterocycles. The molecule has 0 bridgehead atoms. The van der Waals surface area contributed by atoms with Gasteiger partial charge in [0.25, 0.3) is 0 Å². The second-order valence-corrected chi connectivity index (χ2v) is 6.23. The first kappa shape index (κ1) is 18.0. The molecular formula is C18H24O4. The Bertz CT molecular complexity index is 587. The molecule has 1 rings (SSSR count). The van der Waals surface area contributed by atoms with Gasteiger partial charge < -0.3 is 10.2 Å². The van der Waals surface area contributed by atoms with E-state index in [0.717, 1.165) is 17.2 Å². The van der Waals surface area contributed by atoms with Crippen LogP contribution in [0.3, 0.4) is 0 Å². The molecule has 0 amide bonds. The van der Waals surface area contributed by atoms with E-state index in [1.54, 1.807) is 0 Å². The number of rotatable bonds is 5. The van der Waals surface area contributed by atoms with Gasteiger partial charge in [0, 0.05) is 6.08 Å². The van der Waals surface area contributed by atoms with E-state index in [1.165, 1.54) is 6.92 Å². The number of ketones is 2. The first-order valence-corrected chi connectivity index (χ1v) is 7.28. The molecule has 0 aromatic carbocycles. The van der Waals surface area contributed by atoms with Crippen LogP contribution >= 0.6 is 0 Å². The molecular weight excluding hydrogens is 280 g/mol. The predicted octanol–water partition coefficient (Wildman–Crippen LogP) is 4.11. The Morgan fingerprint density at radius 1 is 1.05 bits per heavy atom. The van der Waals surface area contributed by atoms with Crippen LogP contribution in [0.5, 0.6) is 0 Å². The van der Waals surface area contributed by atoms with Crippen LogP contribution in [0.2, 0.25) is 0 Å². The van der Waals surface area contributed by atoms with E-state index in [0.29, 0.717) is 0 Å². The molecule has 2 N–H and O–H groups in total. The van der Waals surface area contributed by atoms with Crippen molar-refractivity contribution < 1.29 is 19.8 Å². The van der Waals surface area contributed by atoms with Crippen molar-refractivity contribution in [2.24, 2.45) is 5.41 Å². The number of carbonyl (C=O) groups excluding carboxylic acids is 2. The molecule has 0 fully saturated rings. The Kier molecular flexibility index (Phi) is 5.53. The molecule has 120 valence electrons. The van der Waals surface area contributed by atoms with Gasteiger partial charge in [-0.05, 0) is 47.5 Å². The molecule has 22 heavy (non-hydrogen) atoms. The first-order chi connectivity index (χ1) is 10.1. The van der Waals surface area contributed by atoms with Crippen molar-refractivity contribution in [3.8, 4) is 0 Å². The number of aliphatic hydroxyl groups excluding tert-OH is 2. The molecule has 1 aliphatic carbocycles. The second-order valence-electron chi connectivity index (χ2n) is 6.23. The smallest absolute Gasteiger partial charge is 0.184 e. The average molecular weight is 304 g/mol. The van der Waals surface area contributed by atoms with Crippen molar-refractivity contribution >= 4 is 11.6 Å². The zero-order valence-electron chi connectivity index (χ0n) is 13.9. The van der Waals surface area contributed by atoms with E-state index in [4.69, 9.17) is 0 Å². The molecule has 0 aromatic rings. The normalized spacial score (nSPS) is 17.0. The lowest BCUT2D eigenvalue weighted by Gasteiger charge is -2.33. The topological polar surface area (TPSA) is 74.6 Å². The molecule has 0 atom stereocenters. The average Bonchev–Trinajstić information content (AvgIpc) is 2.36. The van der Waals surface area contributed by atoms with Gasteiger partial charge in [-0.1, -0.05) is 23.3 Å². The van der Waals surface area contributed by atoms with E-state index >= 15 is 0 Å². The summed E-state index contributed by atoms with van der Waals surface area (Å²) in [6, 6.07) is 0. The van der Waals surface area contributed by atoms with Crippen molar-refractivity contribution in [2.45, 2.75) is 47.5 Å². The zero-order valence-corrected chi connectivity index (χ0v) is 13.9. The van der Waals surface area contributed by atoms with E-state index in [1.807, 2.05) is 39.8 Å². The van der Waals surface area contributed by atoms with Gasteiger partial charge in [0.1, 0.15) is 17.1 Å². The summed E-state index contributed by atoms with van der Waals surface area (Å²) >= 11 is 0. The Morgan fingerprint density at radius 3 is 1.86 bits per heavy atom. The Balaban J connectivity index is 3.46. The number of hydrogen-bond donors (Lipinski definition) is 2. The highest BCUT2D eigenvalue weighted by atomic mass is 16.3. The quantitative estimate of drug-likeness (QED) is 0.592. The summed E-state index contributed by atoms with van der Waals surface area (Å²) in [7, 11) is 0. The van der Waals surface area contributed by atoms with Crippen LogP contribution in [-0.2, 0) is 9.59 Å². The number of hydrogen-bond acceptors (Lipinski definition) is 4.